The summed E-state index contributed by atoms with van der Waals surface area (Å²) < 4.78 is 38.4. The van der Waals surface area contributed by atoms with Gasteiger partial charge in [0.25, 0.3) is 5.91 Å². The quantitative estimate of drug-likeness (QED) is 0.580. The van der Waals surface area contributed by atoms with Gasteiger partial charge >= 0.3 is 0 Å². The number of likely N-dealkylation sites (N-methyl/N-ethyl adjacent to an activating group) is 1. The number of ether oxygens (including phenoxy) is 2. The second-order valence-electron chi connectivity index (χ2n) is 7.79. The minimum atomic E-state index is -3.77. The van der Waals surface area contributed by atoms with E-state index in [1.54, 1.807) is 43.3 Å². The number of rotatable bonds is 9. The van der Waals surface area contributed by atoms with Crippen LogP contribution in [0.25, 0.3) is 0 Å². The highest BCUT2D eigenvalue weighted by molar-refractivity contribution is 7.89. The Labute approximate surface area is 200 Å². The highest BCUT2D eigenvalue weighted by Crippen LogP contribution is 2.24. The number of carbonyl (C=O) groups is 2. The number of carbonyl (C=O) groups excluding carboxylic acids is 2. The molecule has 9 nitrogen and oxygen atoms in total. The van der Waals surface area contributed by atoms with Gasteiger partial charge in [0.2, 0.25) is 15.9 Å². The maximum absolute atomic E-state index is 13.3. The number of nitrogens with zero attached hydrogens (tertiary/aromatic N) is 2. The van der Waals surface area contributed by atoms with Crippen LogP contribution in [0.5, 0.6) is 5.75 Å². The van der Waals surface area contributed by atoms with E-state index in [1.807, 2.05) is 6.92 Å². The number of amides is 2. The lowest BCUT2D eigenvalue weighted by molar-refractivity contribution is -0.116. The lowest BCUT2D eigenvalue weighted by atomic mass is 10.1. The van der Waals surface area contributed by atoms with E-state index in [4.69, 9.17) is 9.47 Å². The third kappa shape index (κ3) is 5.94. The number of hydrogen-bond donors (Lipinski definition) is 1. The van der Waals surface area contributed by atoms with Gasteiger partial charge in [-0.3, -0.25) is 9.59 Å². The van der Waals surface area contributed by atoms with Crippen molar-refractivity contribution < 1.29 is 27.5 Å². The van der Waals surface area contributed by atoms with Crippen LogP contribution in [0.1, 0.15) is 29.8 Å². The predicted octanol–water partition coefficient (Wildman–Crippen LogP) is 2.38. The zero-order chi connectivity index (χ0) is 24.7. The smallest absolute Gasteiger partial charge is 0.254 e. The van der Waals surface area contributed by atoms with Gasteiger partial charge in [0, 0.05) is 37.0 Å². The SMILES string of the molecule is CCc1ccc(C(=O)N(CC)CC(=O)Nc2cccc(OC)c2)cc1S(=O)(=O)N1CCOCC1. The molecule has 0 atom stereocenters. The summed E-state index contributed by atoms with van der Waals surface area (Å²) in [5.41, 5.74) is 1.42. The van der Waals surface area contributed by atoms with Gasteiger partial charge in [-0.05, 0) is 43.2 Å². The molecule has 1 aliphatic heterocycles. The lowest BCUT2D eigenvalue weighted by Crippen LogP contribution is -2.41. The van der Waals surface area contributed by atoms with Crippen LogP contribution in [-0.2, 0) is 26.0 Å². The number of morpholine rings is 1. The molecule has 1 N–H and O–H groups in total. The van der Waals surface area contributed by atoms with Crippen LogP contribution in [0.15, 0.2) is 47.4 Å². The molecule has 0 radical (unpaired) electrons. The number of nitrogens with one attached hydrogen (secondary N) is 1. The van der Waals surface area contributed by atoms with Crippen LogP contribution in [0, 0.1) is 0 Å². The van der Waals surface area contributed by atoms with E-state index in [9.17, 15) is 18.0 Å². The number of anilines is 1. The number of hydrogen-bond acceptors (Lipinski definition) is 6. The second-order valence-corrected chi connectivity index (χ2v) is 9.70. The molecule has 0 saturated carbocycles. The van der Waals surface area contributed by atoms with Crippen LogP contribution in [0.3, 0.4) is 0 Å². The Balaban J connectivity index is 1.80. The fourth-order valence-corrected chi connectivity index (χ4v) is 5.46. The molecule has 0 bridgehead atoms. The molecule has 184 valence electrons. The fraction of sp³-hybridized carbons (Fsp3) is 0.417. The van der Waals surface area contributed by atoms with Crippen molar-refractivity contribution in [3.63, 3.8) is 0 Å². The molecule has 3 rings (SSSR count). The number of methoxy groups -OCH3 is 1. The van der Waals surface area contributed by atoms with Crippen LogP contribution < -0.4 is 10.1 Å². The largest absolute Gasteiger partial charge is 0.497 e. The van der Waals surface area contributed by atoms with Crippen LogP contribution in [0.4, 0.5) is 5.69 Å². The van der Waals surface area contributed by atoms with E-state index < -0.39 is 15.9 Å². The first-order chi connectivity index (χ1) is 16.3. The number of sulfonamides is 1. The first kappa shape index (κ1) is 25.7. The summed E-state index contributed by atoms with van der Waals surface area (Å²) >= 11 is 0. The minimum absolute atomic E-state index is 0.125. The summed E-state index contributed by atoms with van der Waals surface area (Å²) in [5, 5.41) is 2.76. The van der Waals surface area contributed by atoms with E-state index in [-0.39, 0.29) is 42.5 Å². The molecule has 1 aliphatic rings. The van der Waals surface area contributed by atoms with Gasteiger partial charge < -0.3 is 19.7 Å². The molecule has 0 aromatic heterocycles. The molecule has 34 heavy (non-hydrogen) atoms. The van der Waals surface area contributed by atoms with Gasteiger partial charge in [-0.15, -0.1) is 0 Å². The Morgan fingerprint density at radius 1 is 1.12 bits per heavy atom. The van der Waals surface area contributed by atoms with Gasteiger partial charge in [0.1, 0.15) is 12.3 Å². The van der Waals surface area contributed by atoms with Crippen LogP contribution >= 0.6 is 0 Å². The molecule has 1 fully saturated rings. The maximum Gasteiger partial charge on any atom is 0.254 e. The van der Waals surface area contributed by atoms with Crippen LogP contribution in [-0.4, -0.2) is 75.9 Å². The summed E-state index contributed by atoms with van der Waals surface area (Å²) in [6.45, 7) is 4.97. The minimum Gasteiger partial charge on any atom is -0.497 e. The Bertz CT molecular complexity index is 1130. The van der Waals surface area contributed by atoms with E-state index in [0.29, 0.717) is 36.6 Å². The Hall–Kier alpha value is -2.95. The standard InChI is InChI=1S/C24H31N3O6S/c1-4-18-9-10-19(15-22(18)34(30,31)27-11-13-33-14-12-27)24(29)26(5-2)17-23(28)25-20-7-6-8-21(16-20)32-3/h6-10,15-16H,4-5,11-14,17H2,1-3H3,(H,25,28). The lowest BCUT2D eigenvalue weighted by Gasteiger charge is -2.27. The van der Waals surface area contributed by atoms with Gasteiger partial charge in [0.05, 0.1) is 25.2 Å². The van der Waals surface area contributed by atoms with E-state index in [2.05, 4.69) is 5.32 Å². The summed E-state index contributed by atoms with van der Waals surface area (Å²) in [7, 11) is -2.23. The first-order valence-corrected chi connectivity index (χ1v) is 12.7. The molecule has 10 heteroatoms. The second kappa shape index (κ2) is 11.5. The van der Waals surface area contributed by atoms with Crippen molar-refractivity contribution in [1.29, 1.82) is 0 Å². The van der Waals surface area contributed by atoms with Crippen molar-refractivity contribution >= 4 is 27.5 Å². The zero-order valence-electron chi connectivity index (χ0n) is 19.7. The number of benzene rings is 2. The van der Waals surface area contributed by atoms with E-state index in [1.165, 1.54) is 22.4 Å². The average molecular weight is 490 g/mol. The monoisotopic (exact) mass is 489 g/mol. The first-order valence-electron chi connectivity index (χ1n) is 11.2. The molecule has 1 saturated heterocycles. The molecule has 0 aliphatic carbocycles. The van der Waals surface area contributed by atoms with Crippen molar-refractivity contribution in [3.8, 4) is 5.75 Å². The van der Waals surface area contributed by atoms with Crippen molar-refractivity contribution in [2.24, 2.45) is 0 Å². The van der Waals surface area contributed by atoms with Crippen molar-refractivity contribution in [3.05, 3.63) is 53.6 Å². The van der Waals surface area contributed by atoms with Gasteiger partial charge in [-0.2, -0.15) is 4.31 Å². The Morgan fingerprint density at radius 2 is 1.85 bits per heavy atom. The zero-order valence-corrected chi connectivity index (χ0v) is 20.6. The van der Waals surface area contributed by atoms with Crippen molar-refractivity contribution in [2.45, 2.75) is 25.2 Å². The molecule has 2 aromatic rings. The van der Waals surface area contributed by atoms with E-state index >= 15 is 0 Å². The highest BCUT2D eigenvalue weighted by atomic mass is 32.2. The molecule has 0 spiro atoms. The fourth-order valence-electron chi connectivity index (χ4n) is 3.73. The molecular formula is C24H31N3O6S. The molecular weight excluding hydrogens is 458 g/mol. The topological polar surface area (TPSA) is 105 Å². The van der Waals surface area contributed by atoms with Crippen LogP contribution in [0.2, 0.25) is 0 Å². The predicted molar refractivity (Wildman–Crippen MR) is 129 cm³/mol. The van der Waals surface area contributed by atoms with Crippen molar-refractivity contribution in [1.82, 2.24) is 9.21 Å². The third-order valence-electron chi connectivity index (χ3n) is 5.64. The Kier molecular flexibility index (Phi) is 8.65. The molecule has 2 amide bonds. The maximum atomic E-state index is 13.3. The number of aryl methyl sites for hydroxylation is 1. The third-order valence-corrected chi connectivity index (χ3v) is 7.62. The summed E-state index contributed by atoms with van der Waals surface area (Å²) in [6.07, 6.45) is 0.508. The molecule has 0 unspecified atom stereocenters. The average Bonchev–Trinajstić information content (AvgIpc) is 2.87. The molecule has 2 aromatic carbocycles. The summed E-state index contributed by atoms with van der Waals surface area (Å²) in [5.74, 6) is -0.176. The van der Waals surface area contributed by atoms with Gasteiger partial charge in [-0.25, -0.2) is 8.42 Å². The van der Waals surface area contributed by atoms with Gasteiger partial charge in [0.15, 0.2) is 0 Å². The molecule has 1 heterocycles. The van der Waals surface area contributed by atoms with Crippen molar-refractivity contribution in [2.75, 3.05) is 51.8 Å². The van der Waals surface area contributed by atoms with Gasteiger partial charge in [-0.1, -0.05) is 19.1 Å². The highest BCUT2D eigenvalue weighted by Gasteiger charge is 2.29. The Morgan fingerprint density at radius 3 is 2.50 bits per heavy atom. The van der Waals surface area contributed by atoms with E-state index in [0.717, 1.165) is 0 Å². The normalized spacial score (nSPS) is 14.4. The summed E-state index contributed by atoms with van der Waals surface area (Å²) in [4.78, 5) is 27.3. The summed E-state index contributed by atoms with van der Waals surface area (Å²) in [6, 6.07) is 11.6.